The first kappa shape index (κ1) is 12.2. The molecule has 4 nitrogen and oxygen atoms in total. The van der Waals surface area contributed by atoms with E-state index in [0.717, 1.165) is 0 Å². The molecule has 0 aliphatic heterocycles. The topological polar surface area (TPSA) is 64.3 Å². The minimum Gasteiger partial charge on any atom is -0.468 e. The Bertz CT molecular complexity index is 383. The minimum absolute atomic E-state index is 0.167. The number of halogens is 2. The van der Waals surface area contributed by atoms with Gasteiger partial charge in [-0.1, -0.05) is 0 Å². The van der Waals surface area contributed by atoms with Gasteiger partial charge in [-0.3, -0.25) is 4.79 Å². The van der Waals surface area contributed by atoms with Crippen molar-refractivity contribution in [3.05, 3.63) is 23.8 Å². The van der Waals surface area contributed by atoms with E-state index in [0.29, 0.717) is 0 Å². The summed E-state index contributed by atoms with van der Waals surface area (Å²) in [5.74, 6) is -0.531. The normalized spacial score (nSPS) is 10.2. The SMILES string of the molecule is COC(=O)CNc1ccc(N)cc1C(F)F. The summed E-state index contributed by atoms with van der Waals surface area (Å²) in [5.41, 5.74) is 5.59. The van der Waals surface area contributed by atoms with E-state index in [1.165, 1.54) is 25.3 Å². The average Bonchev–Trinajstić information content (AvgIpc) is 2.26. The van der Waals surface area contributed by atoms with Gasteiger partial charge < -0.3 is 15.8 Å². The van der Waals surface area contributed by atoms with E-state index in [4.69, 9.17) is 5.73 Å². The fraction of sp³-hybridized carbons (Fsp3) is 0.300. The number of alkyl halides is 2. The van der Waals surface area contributed by atoms with Gasteiger partial charge in [-0.15, -0.1) is 0 Å². The Morgan fingerprint density at radius 2 is 2.25 bits per heavy atom. The van der Waals surface area contributed by atoms with Crippen molar-refractivity contribution in [1.29, 1.82) is 0 Å². The number of hydrogen-bond donors (Lipinski definition) is 2. The number of rotatable bonds is 4. The third kappa shape index (κ3) is 3.08. The fourth-order valence-corrected chi connectivity index (χ4v) is 1.16. The molecule has 88 valence electrons. The number of nitrogen functional groups attached to an aromatic ring is 1. The van der Waals surface area contributed by atoms with Gasteiger partial charge in [0.25, 0.3) is 6.43 Å². The van der Waals surface area contributed by atoms with Gasteiger partial charge in [0.05, 0.1) is 7.11 Å². The van der Waals surface area contributed by atoms with Gasteiger partial charge in [-0.05, 0) is 18.2 Å². The van der Waals surface area contributed by atoms with Crippen molar-refractivity contribution in [2.75, 3.05) is 24.7 Å². The van der Waals surface area contributed by atoms with Crippen molar-refractivity contribution >= 4 is 17.3 Å². The predicted molar refractivity (Wildman–Crippen MR) is 56.3 cm³/mol. The number of carbonyl (C=O) groups excluding carboxylic acids is 1. The van der Waals surface area contributed by atoms with Crippen LogP contribution in [0.15, 0.2) is 18.2 Å². The highest BCUT2D eigenvalue weighted by Crippen LogP contribution is 2.28. The summed E-state index contributed by atoms with van der Waals surface area (Å²) in [6.45, 7) is -0.167. The van der Waals surface area contributed by atoms with E-state index in [1.807, 2.05) is 0 Å². The second-order valence-corrected chi connectivity index (χ2v) is 3.08. The Labute approximate surface area is 91.4 Å². The van der Waals surface area contributed by atoms with Crippen LogP contribution in [0.2, 0.25) is 0 Å². The van der Waals surface area contributed by atoms with Crippen LogP contribution < -0.4 is 11.1 Å². The summed E-state index contributed by atoms with van der Waals surface area (Å²) in [4.78, 5) is 10.8. The molecule has 0 amide bonds. The maximum absolute atomic E-state index is 12.6. The molecular weight excluding hydrogens is 218 g/mol. The molecule has 0 aromatic heterocycles. The average molecular weight is 230 g/mol. The first-order valence-corrected chi connectivity index (χ1v) is 4.53. The third-order valence-corrected chi connectivity index (χ3v) is 1.96. The second-order valence-electron chi connectivity index (χ2n) is 3.08. The molecule has 0 saturated carbocycles. The molecule has 0 heterocycles. The highest BCUT2D eigenvalue weighted by atomic mass is 19.3. The van der Waals surface area contributed by atoms with Gasteiger partial charge >= 0.3 is 5.97 Å². The summed E-state index contributed by atoms with van der Waals surface area (Å²) in [6, 6.07) is 4.05. The number of nitrogens with two attached hydrogens (primary N) is 1. The predicted octanol–water partition coefficient (Wildman–Crippen LogP) is 1.79. The van der Waals surface area contributed by atoms with Crippen LogP contribution in [0.5, 0.6) is 0 Å². The Morgan fingerprint density at radius 1 is 1.56 bits per heavy atom. The maximum Gasteiger partial charge on any atom is 0.325 e. The van der Waals surface area contributed by atoms with Crippen LogP contribution in [0.4, 0.5) is 20.2 Å². The van der Waals surface area contributed by atoms with E-state index in [1.54, 1.807) is 0 Å². The van der Waals surface area contributed by atoms with Crippen LogP contribution in [0.25, 0.3) is 0 Å². The third-order valence-electron chi connectivity index (χ3n) is 1.96. The smallest absolute Gasteiger partial charge is 0.325 e. The fourth-order valence-electron chi connectivity index (χ4n) is 1.16. The van der Waals surface area contributed by atoms with Gasteiger partial charge in [-0.25, -0.2) is 8.78 Å². The lowest BCUT2D eigenvalue weighted by atomic mass is 10.1. The molecular formula is C10H12F2N2O2. The largest absolute Gasteiger partial charge is 0.468 e. The van der Waals surface area contributed by atoms with E-state index in [-0.39, 0.29) is 23.5 Å². The van der Waals surface area contributed by atoms with Gasteiger partial charge in [0.2, 0.25) is 0 Å². The number of benzene rings is 1. The zero-order valence-electron chi connectivity index (χ0n) is 8.67. The molecule has 0 aliphatic carbocycles. The highest BCUT2D eigenvalue weighted by molar-refractivity contribution is 5.75. The monoisotopic (exact) mass is 230 g/mol. The molecule has 0 atom stereocenters. The molecule has 3 N–H and O–H groups in total. The Hall–Kier alpha value is -1.85. The number of methoxy groups -OCH3 is 1. The van der Waals surface area contributed by atoms with Crippen molar-refractivity contribution in [2.24, 2.45) is 0 Å². The van der Waals surface area contributed by atoms with Crippen molar-refractivity contribution in [3.8, 4) is 0 Å². The van der Waals surface area contributed by atoms with Gasteiger partial charge in [0.1, 0.15) is 6.54 Å². The standard InChI is InChI=1S/C10H12F2N2O2/c1-16-9(15)5-14-8-3-2-6(13)4-7(8)10(11)12/h2-4,10,14H,5,13H2,1H3. The number of carbonyl (C=O) groups is 1. The molecule has 1 aromatic rings. The van der Waals surface area contributed by atoms with Gasteiger partial charge in [0, 0.05) is 16.9 Å². The quantitative estimate of drug-likeness (QED) is 0.611. The zero-order valence-corrected chi connectivity index (χ0v) is 8.67. The lowest BCUT2D eigenvalue weighted by molar-refractivity contribution is -0.138. The molecule has 0 aliphatic rings. The molecule has 0 spiro atoms. The molecule has 0 bridgehead atoms. The summed E-state index contributed by atoms with van der Waals surface area (Å²) < 4.78 is 29.6. The number of ether oxygens (including phenoxy) is 1. The first-order valence-electron chi connectivity index (χ1n) is 4.53. The summed E-state index contributed by atoms with van der Waals surface area (Å²) >= 11 is 0. The highest BCUT2D eigenvalue weighted by Gasteiger charge is 2.13. The molecule has 0 saturated heterocycles. The van der Waals surface area contributed by atoms with E-state index >= 15 is 0 Å². The zero-order chi connectivity index (χ0) is 12.1. The van der Waals surface area contributed by atoms with E-state index < -0.39 is 12.4 Å². The van der Waals surface area contributed by atoms with Crippen LogP contribution >= 0.6 is 0 Å². The molecule has 0 unspecified atom stereocenters. The summed E-state index contributed by atoms with van der Waals surface area (Å²) in [5, 5.41) is 2.56. The van der Waals surface area contributed by atoms with Crippen molar-refractivity contribution in [3.63, 3.8) is 0 Å². The number of hydrogen-bond acceptors (Lipinski definition) is 4. The molecule has 0 radical (unpaired) electrons. The van der Waals surface area contributed by atoms with Crippen molar-refractivity contribution < 1.29 is 18.3 Å². The maximum atomic E-state index is 12.6. The minimum atomic E-state index is -2.65. The molecule has 0 fully saturated rings. The van der Waals surface area contributed by atoms with Crippen LogP contribution in [-0.2, 0) is 9.53 Å². The van der Waals surface area contributed by atoms with Crippen molar-refractivity contribution in [1.82, 2.24) is 0 Å². The molecule has 16 heavy (non-hydrogen) atoms. The molecule has 6 heteroatoms. The second kappa shape index (κ2) is 5.29. The number of nitrogens with one attached hydrogen (secondary N) is 1. The van der Waals surface area contributed by atoms with Crippen LogP contribution in [0.1, 0.15) is 12.0 Å². The summed E-state index contributed by atoms with van der Waals surface area (Å²) in [7, 11) is 1.22. The lowest BCUT2D eigenvalue weighted by Crippen LogP contribution is -2.16. The van der Waals surface area contributed by atoms with Gasteiger partial charge in [0.15, 0.2) is 0 Å². The van der Waals surface area contributed by atoms with Crippen LogP contribution in [-0.4, -0.2) is 19.6 Å². The van der Waals surface area contributed by atoms with Crippen LogP contribution in [0.3, 0.4) is 0 Å². The van der Waals surface area contributed by atoms with Crippen LogP contribution in [0, 0.1) is 0 Å². The van der Waals surface area contributed by atoms with Crippen molar-refractivity contribution in [2.45, 2.75) is 6.43 Å². The Kier molecular flexibility index (Phi) is 4.04. The van der Waals surface area contributed by atoms with E-state index in [2.05, 4.69) is 10.1 Å². The first-order chi connectivity index (χ1) is 7.54. The van der Waals surface area contributed by atoms with E-state index in [9.17, 15) is 13.6 Å². The number of anilines is 2. The molecule has 1 aromatic carbocycles. The Morgan fingerprint density at radius 3 is 2.81 bits per heavy atom. The Balaban J connectivity index is 2.82. The summed E-state index contributed by atoms with van der Waals surface area (Å²) in [6.07, 6.45) is -2.65. The molecule has 1 rings (SSSR count). The number of esters is 1. The van der Waals surface area contributed by atoms with Gasteiger partial charge in [-0.2, -0.15) is 0 Å². The lowest BCUT2D eigenvalue weighted by Gasteiger charge is -2.11.